The third-order valence-corrected chi connectivity index (χ3v) is 3.58. The zero-order valence-corrected chi connectivity index (χ0v) is 13.5. The fourth-order valence-corrected chi connectivity index (χ4v) is 2.53. The lowest BCUT2D eigenvalue weighted by Gasteiger charge is -2.23. The van der Waals surface area contributed by atoms with Gasteiger partial charge in [0.2, 0.25) is 5.91 Å². The molecule has 0 saturated heterocycles. The number of carbonyl (C=O) groups is 1. The molecular weight excluding hydrogens is 299 g/mol. The molecule has 0 saturated carbocycles. The molecule has 0 aliphatic rings. The summed E-state index contributed by atoms with van der Waals surface area (Å²) in [7, 11) is 1.82. The first-order valence-corrected chi connectivity index (χ1v) is 7.27. The van der Waals surface area contributed by atoms with Gasteiger partial charge in [-0.25, -0.2) is 0 Å². The Bertz CT molecular complexity index is 476. The van der Waals surface area contributed by atoms with Crippen LogP contribution < -0.4 is 0 Å². The van der Waals surface area contributed by atoms with E-state index in [-0.39, 0.29) is 23.2 Å². The van der Waals surface area contributed by atoms with E-state index in [2.05, 4.69) is 0 Å². The lowest BCUT2D eigenvalue weighted by Crippen LogP contribution is -2.38. The number of carbonyl (C=O) groups excluding carboxylic acids is 1. The molecule has 0 aliphatic carbocycles. The average molecular weight is 319 g/mol. The van der Waals surface area contributed by atoms with E-state index in [4.69, 9.17) is 23.2 Å². The van der Waals surface area contributed by atoms with E-state index in [1.54, 1.807) is 11.0 Å². The minimum Gasteiger partial charge on any atom is -0.506 e. The molecule has 0 fully saturated rings. The van der Waals surface area contributed by atoms with Gasteiger partial charge in [-0.1, -0.05) is 23.2 Å². The predicted molar refractivity (Wildman–Crippen MR) is 82.4 cm³/mol. The number of amides is 1. The van der Waals surface area contributed by atoms with Crippen LogP contribution in [0.5, 0.6) is 5.75 Å². The van der Waals surface area contributed by atoms with Crippen molar-refractivity contribution in [2.24, 2.45) is 0 Å². The number of phenolic OH excluding ortho intramolecular Hbond substituents is 1. The fourth-order valence-electron chi connectivity index (χ4n) is 1.99. The van der Waals surface area contributed by atoms with E-state index in [0.717, 1.165) is 0 Å². The van der Waals surface area contributed by atoms with Gasteiger partial charge in [-0.3, -0.25) is 9.69 Å². The van der Waals surface area contributed by atoms with Gasteiger partial charge in [0.25, 0.3) is 0 Å². The van der Waals surface area contributed by atoms with Crippen molar-refractivity contribution in [1.29, 1.82) is 0 Å². The van der Waals surface area contributed by atoms with Crippen LogP contribution in [0.2, 0.25) is 10.0 Å². The molecule has 1 N–H and O–H groups in total. The molecule has 20 heavy (non-hydrogen) atoms. The van der Waals surface area contributed by atoms with Gasteiger partial charge in [-0.05, 0) is 33.0 Å². The smallest absolute Gasteiger partial charge is 0.236 e. The number of nitrogens with zero attached hydrogens (tertiary/aromatic N) is 2. The molecule has 112 valence electrons. The summed E-state index contributed by atoms with van der Waals surface area (Å²) in [4.78, 5) is 15.6. The second-order valence-corrected chi connectivity index (χ2v) is 5.48. The molecule has 6 heteroatoms. The molecule has 0 aromatic heterocycles. The summed E-state index contributed by atoms with van der Waals surface area (Å²) in [5, 5.41) is 10.6. The summed E-state index contributed by atoms with van der Waals surface area (Å²) < 4.78 is 0. The van der Waals surface area contributed by atoms with Crippen molar-refractivity contribution in [3.63, 3.8) is 0 Å². The highest BCUT2D eigenvalue weighted by atomic mass is 35.5. The minimum atomic E-state index is 0.0122. The van der Waals surface area contributed by atoms with E-state index >= 15 is 0 Å². The number of benzene rings is 1. The molecule has 0 unspecified atom stereocenters. The number of phenols is 1. The number of hydrogen-bond donors (Lipinski definition) is 1. The minimum absolute atomic E-state index is 0.0122. The molecule has 1 amide bonds. The van der Waals surface area contributed by atoms with Crippen molar-refractivity contribution in [3.05, 3.63) is 27.7 Å². The van der Waals surface area contributed by atoms with E-state index in [1.807, 2.05) is 25.8 Å². The highest BCUT2D eigenvalue weighted by Crippen LogP contribution is 2.31. The van der Waals surface area contributed by atoms with E-state index in [1.165, 1.54) is 6.07 Å². The van der Waals surface area contributed by atoms with Crippen LogP contribution in [0, 0.1) is 0 Å². The second-order valence-electron chi connectivity index (χ2n) is 4.63. The number of halogens is 2. The molecular formula is C14H20Cl2N2O2. The quantitative estimate of drug-likeness (QED) is 0.876. The average Bonchev–Trinajstić information content (AvgIpc) is 2.36. The number of hydrogen-bond acceptors (Lipinski definition) is 3. The Morgan fingerprint density at radius 2 is 1.85 bits per heavy atom. The standard InChI is InChI=1S/C14H20Cl2N2O2/c1-4-18(5-2)13(19)9-17(3)8-10-6-11(15)7-12(16)14(10)20/h6-7,20H,4-5,8-9H2,1-3H3. The first-order chi connectivity index (χ1) is 9.38. The first kappa shape index (κ1) is 17.1. The Labute approximate surface area is 129 Å². The van der Waals surface area contributed by atoms with Crippen molar-refractivity contribution >= 4 is 29.1 Å². The maximum absolute atomic E-state index is 12.0. The lowest BCUT2D eigenvalue weighted by molar-refractivity contribution is -0.131. The fraction of sp³-hybridized carbons (Fsp3) is 0.500. The van der Waals surface area contributed by atoms with Gasteiger partial charge < -0.3 is 10.0 Å². The molecule has 0 bridgehead atoms. The van der Waals surface area contributed by atoms with Crippen molar-refractivity contribution in [2.75, 3.05) is 26.7 Å². The van der Waals surface area contributed by atoms with E-state index in [9.17, 15) is 9.90 Å². The molecule has 0 radical (unpaired) electrons. The molecule has 1 aromatic carbocycles. The number of likely N-dealkylation sites (N-methyl/N-ethyl adjacent to an activating group) is 2. The van der Waals surface area contributed by atoms with Crippen LogP contribution in [-0.4, -0.2) is 47.5 Å². The molecule has 0 atom stereocenters. The zero-order chi connectivity index (χ0) is 15.3. The number of aromatic hydroxyl groups is 1. The zero-order valence-electron chi connectivity index (χ0n) is 12.0. The third kappa shape index (κ3) is 4.54. The van der Waals surface area contributed by atoms with Gasteiger partial charge in [0.05, 0.1) is 11.6 Å². The third-order valence-electron chi connectivity index (χ3n) is 3.07. The largest absolute Gasteiger partial charge is 0.506 e. The molecule has 0 aliphatic heterocycles. The monoisotopic (exact) mass is 318 g/mol. The molecule has 1 rings (SSSR count). The summed E-state index contributed by atoms with van der Waals surface area (Å²) in [6.07, 6.45) is 0. The van der Waals surface area contributed by atoms with Gasteiger partial charge in [0.1, 0.15) is 5.75 Å². The van der Waals surface area contributed by atoms with E-state index < -0.39 is 0 Å². The van der Waals surface area contributed by atoms with Crippen molar-refractivity contribution in [1.82, 2.24) is 9.80 Å². The topological polar surface area (TPSA) is 43.8 Å². The van der Waals surface area contributed by atoms with Crippen LogP contribution in [-0.2, 0) is 11.3 Å². The van der Waals surface area contributed by atoms with Crippen LogP contribution in [0.3, 0.4) is 0 Å². The predicted octanol–water partition coefficient (Wildman–Crippen LogP) is 3.00. The normalized spacial score (nSPS) is 10.9. The van der Waals surface area contributed by atoms with Crippen LogP contribution in [0.1, 0.15) is 19.4 Å². The van der Waals surface area contributed by atoms with Crippen molar-refractivity contribution in [2.45, 2.75) is 20.4 Å². The Morgan fingerprint density at radius 1 is 1.25 bits per heavy atom. The highest BCUT2D eigenvalue weighted by Gasteiger charge is 2.15. The second kappa shape index (κ2) is 7.72. The van der Waals surface area contributed by atoms with Gasteiger partial charge >= 0.3 is 0 Å². The summed E-state index contributed by atoms with van der Waals surface area (Å²) in [6.45, 7) is 5.97. The molecule has 4 nitrogen and oxygen atoms in total. The Morgan fingerprint density at radius 3 is 2.40 bits per heavy atom. The lowest BCUT2D eigenvalue weighted by atomic mass is 10.2. The van der Waals surface area contributed by atoms with Crippen LogP contribution in [0.15, 0.2) is 12.1 Å². The van der Waals surface area contributed by atoms with Crippen molar-refractivity contribution in [3.8, 4) is 5.75 Å². The van der Waals surface area contributed by atoms with Crippen molar-refractivity contribution < 1.29 is 9.90 Å². The summed E-state index contributed by atoms with van der Waals surface area (Å²) >= 11 is 11.8. The van der Waals surface area contributed by atoms with Gasteiger partial charge in [0, 0.05) is 30.2 Å². The summed E-state index contributed by atoms with van der Waals surface area (Å²) in [5.74, 6) is 0.0725. The van der Waals surface area contributed by atoms with Crippen LogP contribution >= 0.6 is 23.2 Å². The van der Waals surface area contributed by atoms with Gasteiger partial charge in [-0.15, -0.1) is 0 Å². The number of rotatable bonds is 6. The summed E-state index contributed by atoms with van der Waals surface area (Å²) in [6, 6.07) is 3.14. The summed E-state index contributed by atoms with van der Waals surface area (Å²) in [5.41, 5.74) is 0.609. The van der Waals surface area contributed by atoms with Gasteiger partial charge in [-0.2, -0.15) is 0 Å². The SMILES string of the molecule is CCN(CC)C(=O)CN(C)Cc1cc(Cl)cc(Cl)c1O. The van der Waals surface area contributed by atoms with E-state index in [0.29, 0.717) is 30.2 Å². The highest BCUT2D eigenvalue weighted by molar-refractivity contribution is 6.35. The molecule has 0 spiro atoms. The van der Waals surface area contributed by atoms with Gasteiger partial charge in [0.15, 0.2) is 0 Å². The Balaban J connectivity index is 2.72. The molecule has 1 aromatic rings. The van der Waals surface area contributed by atoms with Crippen LogP contribution in [0.25, 0.3) is 0 Å². The van der Waals surface area contributed by atoms with Crippen LogP contribution in [0.4, 0.5) is 0 Å². The maximum Gasteiger partial charge on any atom is 0.236 e. The Kier molecular flexibility index (Phi) is 6.59. The molecule has 0 heterocycles. The Hall–Kier alpha value is -0.970. The first-order valence-electron chi connectivity index (χ1n) is 6.52. The maximum atomic E-state index is 12.0.